The molecule has 8 nitrogen and oxygen atoms in total. The van der Waals surface area contributed by atoms with E-state index >= 15 is 0 Å². The van der Waals surface area contributed by atoms with Crippen molar-refractivity contribution in [1.29, 1.82) is 0 Å². The maximum Gasteiger partial charge on any atom is 0.241 e. The Kier molecular flexibility index (Phi) is 5.44. The first-order valence-corrected chi connectivity index (χ1v) is 10.0. The monoisotopic (exact) mass is 393 g/mol. The number of benzene rings is 1. The summed E-state index contributed by atoms with van der Waals surface area (Å²) in [7, 11) is 1.93. The molecule has 0 radical (unpaired) electrons. The van der Waals surface area contributed by atoms with Crippen molar-refractivity contribution in [3.8, 4) is 5.69 Å². The van der Waals surface area contributed by atoms with E-state index in [0.717, 1.165) is 54.4 Å². The standard InChI is InChI=1S/C21H27N7O/c1-15-12-16(2)28(25-15)18-9-7-17(8-10-18)23-21(29)19-6-4-5-11-27(19)13-20-24-22-14-26(20)3/h7-10,12,14,19H,4-6,11,13H2,1-3H3,(H,23,29)/t19-/m0/s1. The number of aromatic nitrogens is 5. The van der Waals surface area contributed by atoms with E-state index in [1.165, 1.54) is 0 Å². The first-order chi connectivity index (χ1) is 14.0. The third kappa shape index (κ3) is 4.22. The van der Waals surface area contributed by atoms with Crippen LogP contribution in [0.15, 0.2) is 36.7 Å². The van der Waals surface area contributed by atoms with Crippen LogP contribution in [0.5, 0.6) is 0 Å². The van der Waals surface area contributed by atoms with E-state index in [9.17, 15) is 4.79 Å². The molecule has 4 rings (SSSR count). The highest BCUT2D eigenvalue weighted by Gasteiger charge is 2.29. The Balaban J connectivity index is 1.44. The molecule has 0 saturated carbocycles. The zero-order valence-corrected chi connectivity index (χ0v) is 17.2. The SMILES string of the molecule is Cc1cc(C)n(-c2ccc(NC(=O)[C@@H]3CCCCN3Cc3nncn3C)cc2)n1. The summed E-state index contributed by atoms with van der Waals surface area (Å²) in [6.45, 7) is 5.53. The van der Waals surface area contributed by atoms with E-state index in [1.807, 2.05) is 60.5 Å². The second kappa shape index (κ2) is 8.16. The van der Waals surface area contributed by atoms with Crippen molar-refractivity contribution in [3.05, 3.63) is 53.9 Å². The Bertz CT molecular complexity index is 989. The Morgan fingerprint density at radius 1 is 1.21 bits per heavy atom. The Hall–Kier alpha value is -3.00. The van der Waals surface area contributed by atoms with Crippen molar-refractivity contribution >= 4 is 11.6 Å². The average molecular weight is 393 g/mol. The van der Waals surface area contributed by atoms with Gasteiger partial charge in [-0.25, -0.2) is 4.68 Å². The molecule has 1 N–H and O–H groups in total. The zero-order chi connectivity index (χ0) is 20.4. The third-order valence-corrected chi connectivity index (χ3v) is 5.45. The Morgan fingerprint density at radius 3 is 2.66 bits per heavy atom. The summed E-state index contributed by atoms with van der Waals surface area (Å²) < 4.78 is 3.81. The van der Waals surface area contributed by atoms with Crippen molar-refractivity contribution in [1.82, 2.24) is 29.4 Å². The molecule has 2 aromatic heterocycles. The van der Waals surface area contributed by atoms with Gasteiger partial charge >= 0.3 is 0 Å². The fourth-order valence-corrected chi connectivity index (χ4v) is 3.91. The third-order valence-electron chi connectivity index (χ3n) is 5.45. The molecule has 1 aromatic carbocycles. The smallest absolute Gasteiger partial charge is 0.241 e. The van der Waals surface area contributed by atoms with E-state index < -0.39 is 0 Å². The number of hydrogen-bond acceptors (Lipinski definition) is 5. The minimum atomic E-state index is -0.156. The van der Waals surface area contributed by atoms with Crippen LogP contribution in [0.3, 0.4) is 0 Å². The second-order valence-corrected chi connectivity index (χ2v) is 7.72. The number of carbonyl (C=O) groups is 1. The molecule has 1 fully saturated rings. The number of nitrogens with zero attached hydrogens (tertiary/aromatic N) is 6. The lowest BCUT2D eigenvalue weighted by Gasteiger charge is -2.34. The van der Waals surface area contributed by atoms with Gasteiger partial charge in [-0.2, -0.15) is 5.10 Å². The lowest BCUT2D eigenvalue weighted by Crippen LogP contribution is -2.46. The fourth-order valence-electron chi connectivity index (χ4n) is 3.91. The summed E-state index contributed by atoms with van der Waals surface area (Å²) in [4.78, 5) is 15.2. The van der Waals surface area contributed by atoms with Crippen LogP contribution in [0.25, 0.3) is 5.69 Å². The number of likely N-dealkylation sites (tertiary alicyclic amines) is 1. The molecule has 0 aliphatic carbocycles. The van der Waals surface area contributed by atoms with Gasteiger partial charge in [-0.05, 0) is 63.6 Å². The number of piperidine rings is 1. The number of aryl methyl sites for hydroxylation is 3. The molecule has 0 bridgehead atoms. The van der Waals surface area contributed by atoms with Crippen molar-refractivity contribution < 1.29 is 4.79 Å². The Morgan fingerprint density at radius 2 is 2.00 bits per heavy atom. The Labute approximate surface area is 170 Å². The largest absolute Gasteiger partial charge is 0.325 e. The summed E-state index contributed by atoms with van der Waals surface area (Å²) in [5, 5.41) is 15.7. The van der Waals surface area contributed by atoms with E-state index in [1.54, 1.807) is 6.33 Å². The van der Waals surface area contributed by atoms with Gasteiger partial charge in [0.1, 0.15) is 12.2 Å². The molecule has 0 unspecified atom stereocenters. The van der Waals surface area contributed by atoms with Gasteiger partial charge in [-0.1, -0.05) is 6.42 Å². The molecule has 1 aliphatic rings. The average Bonchev–Trinajstić information content (AvgIpc) is 3.27. The molecule has 8 heteroatoms. The molecule has 29 heavy (non-hydrogen) atoms. The van der Waals surface area contributed by atoms with Crippen LogP contribution in [0.4, 0.5) is 5.69 Å². The predicted molar refractivity (Wildman–Crippen MR) is 111 cm³/mol. The zero-order valence-electron chi connectivity index (χ0n) is 17.2. The first kappa shape index (κ1) is 19.3. The van der Waals surface area contributed by atoms with Gasteiger partial charge in [0.25, 0.3) is 0 Å². The van der Waals surface area contributed by atoms with Crippen molar-refractivity contribution in [2.24, 2.45) is 7.05 Å². The van der Waals surface area contributed by atoms with Gasteiger partial charge in [-0.15, -0.1) is 10.2 Å². The number of nitrogens with one attached hydrogen (secondary N) is 1. The highest BCUT2D eigenvalue weighted by Crippen LogP contribution is 2.21. The fraction of sp³-hybridized carbons (Fsp3) is 0.429. The summed E-state index contributed by atoms with van der Waals surface area (Å²) in [5.41, 5.74) is 3.85. The molecule has 3 heterocycles. The molecule has 3 aromatic rings. The quantitative estimate of drug-likeness (QED) is 0.721. The lowest BCUT2D eigenvalue weighted by molar-refractivity contribution is -0.122. The van der Waals surface area contributed by atoms with Crippen LogP contribution < -0.4 is 5.32 Å². The summed E-state index contributed by atoms with van der Waals surface area (Å²) >= 11 is 0. The number of carbonyl (C=O) groups excluding carboxylic acids is 1. The van der Waals surface area contributed by atoms with Crippen LogP contribution in [-0.4, -0.2) is 47.9 Å². The molecule has 1 amide bonds. The van der Waals surface area contributed by atoms with Gasteiger partial charge in [-0.3, -0.25) is 9.69 Å². The van der Waals surface area contributed by atoms with E-state index in [2.05, 4.69) is 25.5 Å². The maximum atomic E-state index is 13.0. The summed E-state index contributed by atoms with van der Waals surface area (Å²) in [6, 6.07) is 9.71. The van der Waals surface area contributed by atoms with E-state index in [0.29, 0.717) is 6.54 Å². The van der Waals surface area contributed by atoms with Gasteiger partial charge in [0, 0.05) is 18.4 Å². The maximum absolute atomic E-state index is 13.0. The number of anilines is 1. The summed E-state index contributed by atoms with van der Waals surface area (Å²) in [5.74, 6) is 0.907. The van der Waals surface area contributed by atoms with Crippen LogP contribution in [0, 0.1) is 13.8 Å². The topological polar surface area (TPSA) is 80.9 Å². The highest BCUT2D eigenvalue weighted by atomic mass is 16.2. The van der Waals surface area contributed by atoms with E-state index in [-0.39, 0.29) is 11.9 Å². The normalized spacial score (nSPS) is 17.4. The van der Waals surface area contributed by atoms with Gasteiger partial charge in [0.15, 0.2) is 0 Å². The molecule has 1 atom stereocenters. The predicted octanol–water partition coefficient (Wildman–Crippen LogP) is 2.61. The molecular formula is C21H27N7O. The molecule has 1 saturated heterocycles. The number of amides is 1. The lowest BCUT2D eigenvalue weighted by atomic mass is 10.0. The van der Waals surface area contributed by atoms with Crippen LogP contribution in [0.2, 0.25) is 0 Å². The molecule has 152 valence electrons. The minimum absolute atomic E-state index is 0.0331. The minimum Gasteiger partial charge on any atom is -0.325 e. The van der Waals surface area contributed by atoms with Crippen molar-refractivity contribution in [3.63, 3.8) is 0 Å². The van der Waals surface area contributed by atoms with E-state index in [4.69, 9.17) is 0 Å². The summed E-state index contributed by atoms with van der Waals surface area (Å²) in [6.07, 6.45) is 4.70. The first-order valence-electron chi connectivity index (χ1n) is 10.0. The molecule has 1 aliphatic heterocycles. The number of rotatable bonds is 5. The van der Waals surface area contributed by atoms with Crippen LogP contribution >= 0.6 is 0 Å². The van der Waals surface area contributed by atoms with Crippen LogP contribution in [-0.2, 0) is 18.4 Å². The molecule has 0 spiro atoms. The highest BCUT2D eigenvalue weighted by molar-refractivity contribution is 5.95. The van der Waals surface area contributed by atoms with Crippen molar-refractivity contribution in [2.45, 2.75) is 45.7 Å². The van der Waals surface area contributed by atoms with Crippen LogP contribution in [0.1, 0.15) is 36.5 Å². The van der Waals surface area contributed by atoms with Gasteiger partial charge < -0.3 is 9.88 Å². The van der Waals surface area contributed by atoms with Crippen molar-refractivity contribution in [2.75, 3.05) is 11.9 Å². The second-order valence-electron chi connectivity index (χ2n) is 7.72. The van der Waals surface area contributed by atoms with Gasteiger partial charge in [0.2, 0.25) is 5.91 Å². The van der Waals surface area contributed by atoms with Gasteiger partial charge in [0.05, 0.1) is 24.0 Å². The number of hydrogen-bond donors (Lipinski definition) is 1. The molecular weight excluding hydrogens is 366 g/mol.